The second kappa shape index (κ2) is 5.60. The van der Waals surface area contributed by atoms with Crippen molar-refractivity contribution in [2.45, 2.75) is 13.8 Å². The Morgan fingerprint density at radius 1 is 1.00 bits per heavy atom. The van der Waals surface area contributed by atoms with Crippen molar-refractivity contribution in [3.8, 4) is 22.8 Å². The first-order chi connectivity index (χ1) is 9.06. The van der Waals surface area contributed by atoms with Crippen LogP contribution in [0.1, 0.15) is 11.4 Å². The van der Waals surface area contributed by atoms with E-state index in [1.165, 1.54) is 0 Å². The van der Waals surface area contributed by atoms with Crippen LogP contribution in [0.25, 0.3) is 11.3 Å². The van der Waals surface area contributed by atoms with Gasteiger partial charge in [0.25, 0.3) is 0 Å². The molecule has 2 radical (unpaired) electrons. The molecule has 0 unspecified atom stereocenters. The van der Waals surface area contributed by atoms with Crippen molar-refractivity contribution in [2.24, 2.45) is 0 Å². The first-order valence-corrected chi connectivity index (χ1v) is 6.47. The van der Waals surface area contributed by atoms with Crippen molar-refractivity contribution in [2.75, 3.05) is 14.2 Å². The van der Waals surface area contributed by atoms with Gasteiger partial charge in [-0.05, 0) is 30.5 Å². The van der Waals surface area contributed by atoms with Crippen LogP contribution in [0.4, 0.5) is 0 Å². The van der Waals surface area contributed by atoms with Gasteiger partial charge in [0.15, 0.2) is 0 Å². The minimum absolute atomic E-state index is 0.729. The van der Waals surface area contributed by atoms with Crippen LogP contribution in [0.3, 0.4) is 0 Å². The van der Waals surface area contributed by atoms with E-state index < -0.39 is 0 Å². The summed E-state index contributed by atoms with van der Waals surface area (Å²) in [5, 5.41) is 0. The standard InChI is InChI=1S/C14H15N2O2.Al/c1-9-8-15-10(2)14(16-9)12-6-5-11(17-3)7-13(12)18-4;/h5-7H,1-4H3;. The minimum Gasteiger partial charge on any atom is -0.497 e. The van der Waals surface area contributed by atoms with Crippen LogP contribution in [0.5, 0.6) is 11.5 Å². The van der Waals surface area contributed by atoms with E-state index in [0.717, 1.165) is 38.7 Å². The Labute approximate surface area is 121 Å². The van der Waals surface area contributed by atoms with Crippen molar-refractivity contribution in [1.29, 1.82) is 0 Å². The summed E-state index contributed by atoms with van der Waals surface area (Å²) >= 11 is 2.60. The summed E-state index contributed by atoms with van der Waals surface area (Å²) in [6.07, 6.45) is 0. The maximum absolute atomic E-state index is 5.41. The third-order valence-corrected chi connectivity index (χ3v) is 3.49. The Morgan fingerprint density at radius 3 is 2.37 bits per heavy atom. The van der Waals surface area contributed by atoms with Gasteiger partial charge < -0.3 is 9.47 Å². The van der Waals surface area contributed by atoms with E-state index in [1.807, 2.05) is 32.0 Å². The lowest BCUT2D eigenvalue weighted by Gasteiger charge is -2.13. The fourth-order valence-corrected chi connectivity index (χ4v) is 2.13. The van der Waals surface area contributed by atoms with Crippen molar-refractivity contribution in [1.82, 2.24) is 9.97 Å². The Morgan fingerprint density at radius 2 is 1.74 bits per heavy atom. The summed E-state index contributed by atoms with van der Waals surface area (Å²) in [5.74, 6) is 1.48. The number of aryl methyl sites for hydroxylation is 2. The molecule has 0 bridgehead atoms. The maximum Gasteiger partial charge on any atom is 0.212 e. The van der Waals surface area contributed by atoms with Gasteiger partial charge in [-0.2, -0.15) is 0 Å². The van der Waals surface area contributed by atoms with E-state index in [4.69, 9.17) is 9.47 Å². The Hall–Kier alpha value is -1.57. The highest BCUT2D eigenvalue weighted by atomic mass is 27.0. The second-order valence-electron chi connectivity index (χ2n) is 4.19. The Balaban J connectivity index is 2.61. The molecular formula is C14H15AlN2O2. The number of ether oxygens (including phenoxy) is 2. The van der Waals surface area contributed by atoms with E-state index in [0.29, 0.717) is 0 Å². The molecule has 0 aliphatic heterocycles. The molecule has 5 heteroatoms. The fraction of sp³-hybridized carbons (Fsp3) is 0.286. The van der Waals surface area contributed by atoms with Crippen LogP contribution < -0.4 is 14.0 Å². The van der Waals surface area contributed by atoms with Crippen LogP contribution in [0.2, 0.25) is 0 Å². The van der Waals surface area contributed by atoms with Gasteiger partial charge in [-0.15, -0.1) is 0 Å². The van der Waals surface area contributed by atoms with Crippen molar-refractivity contribution < 1.29 is 9.47 Å². The zero-order valence-electron chi connectivity index (χ0n) is 11.5. The van der Waals surface area contributed by atoms with E-state index in [-0.39, 0.29) is 0 Å². The number of hydrogen-bond acceptors (Lipinski definition) is 4. The molecule has 0 amide bonds. The molecule has 0 aliphatic rings. The average molecular weight is 270 g/mol. The molecule has 1 aromatic carbocycles. The van der Waals surface area contributed by atoms with E-state index in [2.05, 4.69) is 26.3 Å². The molecule has 0 N–H and O–H groups in total. The molecule has 2 rings (SSSR count). The number of nitrogens with zero attached hydrogens (tertiary/aromatic N) is 2. The monoisotopic (exact) mass is 270 g/mol. The van der Waals surface area contributed by atoms with Crippen LogP contribution in [0.15, 0.2) is 18.2 Å². The maximum atomic E-state index is 5.41. The van der Waals surface area contributed by atoms with Crippen molar-refractivity contribution >= 4 is 20.8 Å². The van der Waals surface area contributed by atoms with Gasteiger partial charge in [0.05, 0.1) is 25.6 Å². The number of rotatable bonds is 3. The van der Waals surface area contributed by atoms with E-state index >= 15 is 0 Å². The van der Waals surface area contributed by atoms with Crippen LogP contribution in [-0.2, 0) is 0 Å². The lowest BCUT2D eigenvalue weighted by atomic mass is 10.1. The highest BCUT2D eigenvalue weighted by Crippen LogP contribution is 2.33. The number of aromatic nitrogens is 2. The van der Waals surface area contributed by atoms with Gasteiger partial charge in [0.1, 0.15) is 11.5 Å². The number of benzene rings is 1. The van der Waals surface area contributed by atoms with Crippen LogP contribution in [0, 0.1) is 13.8 Å². The van der Waals surface area contributed by atoms with Gasteiger partial charge in [0, 0.05) is 17.3 Å². The highest BCUT2D eigenvalue weighted by Gasteiger charge is 2.13. The molecule has 1 aromatic heterocycles. The summed E-state index contributed by atoms with van der Waals surface area (Å²) in [6.45, 7) is 3.88. The third kappa shape index (κ3) is 2.73. The summed E-state index contributed by atoms with van der Waals surface area (Å²) in [4.78, 5) is 9.08. The molecule has 0 saturated heterocycles. The largest absolute Gasteiger partial charge is 0.497 e. The smallest absolute Gasteiger partial charge is 0.212 e. The van der Waals surface area contributed by atoms with Crippen molar-refractivity contribution in [3.63, 3.8) is 0 Å². The number of hydrogen-bond donors (Lipinski definition) is 0. The van der Waals surface area contributed by atoms with Gasteiger partial charge in [-0.1, -0.05) is 0 Å². The molecule has 0 fully saturated rings. The second-order valence-corrected chi connectivity index (χ2v) is 4.74. The van der Waals surface area contributed by atoms with Crippen LogP contribution >= 0.6 is 0 Å². The molecule has 1 heterocycles. The van der Waals surface area contributed by atoms with E-state index in [1.54, 1.807) is 14.2 Å². The van der Waals surface area contributed by atoms with Gasteiger partial charge >= 0.3 is 0 Å². The van der Waals surface area contributed by atoms with Gasteiger partial charge in [-0.3, -0.25) is 9.97 Å². The summed E-state index contributed by atoms with van der Waals surface area (Å²) in [6, 6.07) is 5.68. The van der Waals surface area contributed by atoms with Crippen LogP contribution in [-0.4, -0.2) is 40.5 Å². The topological polar surface area (TPSA) is 44.2 Å². The third-order valence-electron chi connectivity index (χ3n) is 2.94. The Kier molecular flexibility index (Phi) is 4.08. The first-order valence-electron chi connectivity index (χ1n) is 5.90. The van der Waals surface area contributed by atoms with E-state index in [9.17, 15) is 0 Å². The molecule has 0 spiro atoms. The molecule has 4 nitrogen and oxygen atoms in total. The summed E-state index contributed by atoms with van der Waals surface area (Å²) < 4.78 is 11.5. The fourth-order valence-electron chi connectivity index (χ4n) is 1.87. The summed E-state index contributed by atoms with van der Waals surface area (Å²) in [5.41, 5.74) is 3.52. The predicted molar refractivity (Wildman–Crippen MR) is 75.4 cm³/mol. The van der Waals surface area contributed by atoms with Gasteiger partial charge in [-0.25, -0.2) is 0 Å². The first kappa shape index (κ1) is 13.9. The average Bonchev–Trinajstić information content (AvgIpc) is 2.42. The lowest BCUT2D eigenvalue weighted by Crippen LogP contribution is -2.17. The lowest BCUT2D eigenvalue weighted by molar-refractivity contribution is 0.395. The highest BCUT2D eigenvalue weighted by molar-refractivity contribution is 6.31. The quantitative estimate of drug-likeness (QED) is 0.794. The Bertz CT molecular complexity index is 615. The molecule has 19 heavy (non-hydrogen) atoms. The molecule has 2 aromatic rings. The molecule has 0 atom stereocenters. The molecule has 0 aliphatic carbocycles. The van der Waals surface area contributed by atoms with Crippen molar-refractivity contribution in [3.05, 3.63) is 29.6 Å². The molecular weight excluding hydrogens is 255 g/mol. The molecule has 96 valence electrons. The zero-order chi connectivity index (χ0) is 14.0. The SMILES string of the molecule is COc1ccc(-c2nc(C)[c]([Al])nc2C)c(OC)c1. The summed E-state index contributed by atoms with van der Waals surface area (Å²) in [7, 11) is 3.27. The van der Waals surface area contributed by atoms with Gasteiger partial charge in [0.2, 0.25) is 16.3 Å². The normalized spacial score (nSPS) is 10.3. The predicted octanol–water partition coefficient (Wildman–Crippen LogP) is 1.57. The number of methoxy groups -OCH3 is 2. The zero-order valence-corrected chi connectivity index (χ0v) is 12.7. The molecule has 0 saturated carbocycles. The minimum atomic E-state index is 0.729.